The van der Waals surface area contributed by atoms with E-state index in [0.717, 1.165) is 32.1 Å². The Morgan fingerprint density at radius 1 is 0.433 bits per heavy atom. The highest BCUT2D eigenvalue weighted by molar-refractivity contribution is 7.86. The average molecular weight is 447 g/mol. The lowest BCUT2D eigenvalue weighted by molar-refractivity contribution is 0.305. The lowest BCUT2D eigenvalue weighted by Gasteiger charge is -2.06. The van der Waals surface area contributed by atoms with E-state index in [1.165, 1.54) is 109 Å². The highest BCUT2D eigenvalue weighted by Crippen LogP contribution is 2.13. The molecule has 0 fully saturated rings. The molecule has 0 radical (unpaired) electrons. The maximum atomic E-state index is 11.9. The van der Waals surface area contributed by atoms with Gasteiger partial charge in [0, 0.05) is 0 Å². The van der Waals surface area contributed by atoms with Crippen LogP contribution in [-0.2, 0) is 14.3 Å². The monoisotopic (exact) mass is 446 g/mol. The van der Waals surface area contributed by atoms with Gasteiger partial charge in [-0.15, -0.1) is 0 Å². The van der Waals surface area contributed by atoms with Crippen LogP contribution in [0.1, 0.15) is 155 Å². The third-order valence-electron chi connectivity index (χ3n) is 6.01. The summed E-state index contributed by atoms with van der Waals surface area (Å²) in [7, 11) is -3.30. The van der Waals surface area contributed by atoms with Crippen LogP contribution in [0.5, 0.6) is 0 Å². The van der Waals surface area contributed by atoms with Crippen LogP contribution in [0, 0.1) is 0 Å². The van der Waals surface area contributed by atoms with Gasteiger partial charge in [-0.05, 0) is 12.8 Å². The van der Waals surface area contributed by atoms with Crippen molar-refractivity contribution in [3.05, 3.63) is 0 Å². The van der Waals surface area contributed by atoms with Crippen LogP contribution in [-0.4, -0.2) is 20.8 Å². The van der Waals surface area contributed by atoms with Crippen molar-refractivity contribution >= 4 is 10.1 Å². The zero-order valence-corrected chi connectivity index (χ0v) is 21.4. The molecule has 30 heavy (non-hydrogen) atoms. The number of hydrogen-bond acceptors (Lipinski definition) is 3. The smallest absolute Gasteiger partial charge is 0.267 e. The molecular formula is C26H54O3S. The van der Waals surface area contributed by atoms with Gasteiger partial charge in [0.1, 0.15) is 0 Å². The van der Waals surface area contributed by atoms with E-state index in [4.69, 9.17) is 4.18 Å². The maximum absolute atomic E-state index is 11.9. The van der Waals surface area contributed by atoms with Crippen molar-refractivity contribution in [1.29, 1.82) is 0 Å². The van der Waals surface area contributed by atoms with Crippen LogP contribution in [0.15, 0.2) is 0 Å². The Bertz CT molecular complexity index is 420. The zero-order chi connectivity index (χ0) is 22.2. The van der Waals surface area contributed by atoms with Crippen molar-refractivity contribution < 1.29 is 12.6 Å². The quantitative estimate of drug-likeness (QED) is 0.104. The van der Waals surface area contributed by atoms with Crippen LogP contribution in [0.4, 0.5) is 0 Å². The minimum atomic E-state index is -3.30. The van der Waals surface area contributed by atoms with Gasteiger partial charge in [0.25, 0.3) is 10.1 Å². The van der Waals surface area contributed by atoms with Crippen LogP contribution < -0.4 is 0 Å². The Kier molecular flexibility index (Phi) is 23.5. The van der Waals surface area contributed by atoms with Crippen LogP contribution in [0.25, 0.3) is 0 Å². The summed E-state index contributed by atoms with van der Waals surface area (Å²) >= 11 is 0. The number of hydrogen-bond donors (Lipinski definition) is 0. The van der Waals surface area contributed by atoms with E-state index < -0.39 is 10.1 Å². The Hall–Kier alpha value is -0.0900. The summed E-state index contributed by atoms with van der Waals surface area (Å²) in [5, 5.41) is 0. The van der Waals surface area contributed by atoms with Crippen molar-refractivity contribution in [1.82, 2.24) is 0 Å². The molecule has 0 rings (SSSR count). The summed E-state index contributed by atoms with van der Waals surface area (Å²) in [6.45, 7) is 4.88. The van der Waals surface area contributed by atoms with Gasteiger partial charge in [-0.2, -0.15) is 8.42 Å². The van der Waals surface area contributed by atoms with Gasteiger partial charge in [0.15, 0.2) is 0 Å². The molecule has 0 unspecified atom stereocenters. The van der Waals surface area contributed by atoms with E-state index in [1.807, 2.05) is 0 Å². The molecule has 0 aliphatic carbocycles. The molecule has 0 heterocycles. The van der Waals surface area contributed by atoms with Gasteiger partial charge in [-0.1, -0.05) is 142 Å². The molecule has 0 atom stereocenters. The first-order valence-corrected chi connectivity index (χ1v) is 15.1. The second-order valence-corrected chi connectivity index (χ2v) is 10.9. The molecule has 0 N–H and O–H groups in total. The molecule has 0 aliphatic rings. The molecule has 0 saturated carbocycles. The van der Waals surface area contributed by atoms with Gasteiger partial charge in [-0.25, -0.2) is 0 Å². The molecule has 0 aliphatic heterocycles. The predicted octanol–water partition coefficient (Wildman–Crippen LogP) is 8.95. The largest absolute Gasteiger partial charge is 0.270 e. The second-order valence-electron chi connectivity index (χ2n) is 9.15. The average Bonchev–Trinajstić information content (AvgIpc) is 2.72. The molecule has 0 spiro atoms. The van der Waals surface area contributed by atoms with E-state index in [-0.39, 0.29) is 5.75 Å². The number of unbranched alkanes of at least 4 members (excludes halogenated alkanes) is 20. The topological polar surface area (TPSA) is 43.4 Å². The van der Waals surface area contributed by atoms with E-state index in [2.05, 4.69) is 13.8 Å². The van der Waals surface area contributed by atoms with Crippen LogP contribution in [0.3, 0.4) is 0 Å². The van der Waals surface area contributed by atoms with E-state index in [0.29, 0.717) is 6.61 Å². The van der Waals surface area contributed by atoms with Crippen molar-refractivity contribution in [2.75, 3.05) is 12.4 Å². The first-order valence-electron chi connectivity index (χ1n) is 13.5. The molecule has 0 amide bonds. The second kappa shape index (κ2) is 23.6. The predicted molar refractivity (Wildman–Crippen MR) is 133 cm³/mol. The number of rotatable bonds is 25. The molecular weight excluding hydrogens is 392 g/mol. The lowest BCUT2D eigenvalue weighted by atomic mass is 10.0. The van der Waals surface area contributed by atoms with Crippen molar-refractivity contribution in [3.63, 3.8) is 0 Å². The summed E-state index contributed by atoms with van der Waals surface area (Å²) < 4.78 is 29.0. The maximum Gasteiger partial charge on any atom is 0.267 e. The van der Waals surface area contributed by atoms with E-state index in [9.17, 15) is 8.42 Å². The fraction of sp³-hybridized carbons (Fsp3) is 1.00. The zero-order valence-electron chi connectivity index (χ0n) is 20.6. The molecule has 4 heteroatoms. The highest BCUT2D eigenvalue weighted by Gasteiger charge is 2.10. The summed E-state index contributed by atoms with van der Waals surface area (Å²) in [5.74, 6) is 0.196. The third-order valence-corrected chi connectivity index (χ3v) is 7.32. The minimum Gasteiger partial charge on any atom is -0.270 e. The fourth-order valence-corrected chi connectivity index (χ4v) is 5.00. The van der Waals surface area contributed by atoms with Crippen molar-refractivity contribution in [3.8, 4) is 0 Å². The SMILES string of the molecule is CCCCCCCCCCCCCCCOS(=O)(=O)CCCCCCCCCCC. The summed E-state index contributed by atoms with van der Waals surface area (Å²) in [4.78, 5) is 0. The lowest BCUT2D eigenvalue weighted by Crippen LogP contribution is -2.11. The molecule has 3 nitrogen and oxygen atoms in total. The van der Waals surface area contributed by atoms with Gasteiger partial charge in [0.05, 0.1) is 12.4 Å². The van der Waals surface area contributed by atoms with E-state index in [1.54, 1.807) is 0 Å². The van der Waals surface area contributed by atoms with Crippen LogP contribution >= 0.6 is 0 Å². The molecule has 0 bridgehead atoms. The Balaban J connectivity index is 3.30. The van der Waals surface area contributed by atoms with Gasteiger partial charge >= 0.3 is 0 Å². The summed E-state index contributed by atoms with van der Waals surface area (Å²) in [6, 6.07) is 0. The van der Waals surface area contributed by atoms with Crippen molar-refractivity contribution in [2.45, 2.75) is 155 Å². The minimum absolute atomic E-state index is 0.196. The van der Waals surface area contributed by atoms with Crippen LogP contribution in [0.2, 0.25) is 0 Å². The van der Waals surface area contributed by atoms with Gasteiger partial charge in [-0.3, -0.25) is 4.18 Å². The standard InChI is InChI=1S/C26H54O3S/c1-3-5-7-9-11-13-14-15-16-17-19-21-23-25-29-30(27,28)26-24-22-20-18-12-10-8-6-4-2/h3-26H2,1-2H3. The van der Waals surface area contributed by atoms with Gasteiger partial charge in [0.2, 0.25) is 0 Å². The fourth-order valence-electron chi connectivity index (χ4n) is 3.95. The Morgan fingerprint density at radius 3 is 1.10 bits per heavy atom. The van der Waals surface area contributed by atoms with E-state index >= 15 is 0 Å². The normalized spacial score (nSPS) is 11.9. The Labute approximate surface area is 190 Å². The molecule has 182 valence electrons. The third kappa shape index (κ3) is 24.2. The Morgan fingerprint density at radius 2 is 0.733 bits per heavy atom. The molecule has 0 saturated heterocycles. The van der Waals surface area contributed by atoms with Gasteiger partial charge < -0.3 is 0 Å². The molecule has 0 aromatic rings. The molecule has 0 aromatic carbocycles. The summed E-state index contributed by atoms with van der Waals surface area (Å²) in [5.41, 5.74) is 0. The summed E-state index contributed by atoms with van der Waals surface area (Å²) in [6.07, 6.45) is 27.6. The first kappa shape index (κ1) is 29.9. The first-order chi connectivity index (χ1) is 14.6. The van der Waals surface area contributed by atoms with Crippen molar-refractivity contribution in [2.24, 2.45) is 0 Å². The molecule has 0 aromatic heterocycles. The highest BCUT2D eigenvalue weighted by atomic mass is 32.2.